The van der Waals surface area contributed by atoms with Crippen LogP contribution in [0.4, 0.5) is 0 Å². The van der Waals surface area contributed by atoms with Crippen molar-refractivity contribution in [3.63, 3.8) is 0 Å². The van der Waals surface area contributed by atoms with Crippen LogP contribution in [0.25, 0.3) is 10.9 Å². The quantitative estimate of drug-likeness (QED) is 0.136. The topological polar surface area (TPSA) is 62.4 Å². The number of aryl methyl sites for hydroxylation is 1. The highest BCUT2D eigenvalue weighted by molar-refractivity contribution is 7.89. The third-order valence-electron chi connectivity index (χ3n) is 7.04. The normalized spacial score (nSPS) is 12.4. The Kier molecular flexibility index (Phi) is 9.10. The number of nitrogens with one attached hydrogen (secondary N) is 1. The van der Waals surface area contributed by atoms with Crippen molar-refractivity contribution in [2.45, 2.75) is 76.4 Å². The predicted molar refractivity (Wildman–Crippen MR) is 152 cm³/mol. The summed E-state index contributed by atoms with van der Waals surface area (Å²) < 4.78 is 34.4. The maximum atomic E-state index is 13.4. The Labute approximate surface area is 218 Å². The molecule has 0 atom stereocenters. The zero-order valence-electron chi connectivity index (χ0n) is 22.5. The lowest BCUT2D eigenvalue weighted by molar-refractivity contribution is 0.280. The second kappa shape index (κ2) is 11.7. The van der Waals surface area contributed by atoms with Gasteiger partial charge in [-0.05, 0) is 68.1 Å². The third-order valence-corrected chi connectivity index (χ3v) is 13.3. The second-order valence-electron chi connectivity index (χ2n) is 10.9. The molecule has 5 nitrogen and oxygen atoms in total. The summed E-state index contributed by atoms with van der Waals surface area (Å²) in [5.74, 6) is 3.11. The Hall–Kier alpha value is -2.53. The Balaban J connectivity index is 1.67. The van der Waals surface area contributed by atoms with Gasteiger partial charge < -0.3 is 9.41 Å². The van der Waals surface area contributed by atoms with E-state index in [4.69, 9.17) is 4.43 Å². The predicted octanol–water partition coefficient (Wildman–Crippen LogP) is 6.86. The number of para-hydroxylation sites is 1. The van der Waals surface area contributed by atoms with Gasteiger partial charge in [0.05, 0.1) is 4.90 Å². The van der Waals surface area contributed by atoms with Gasteiger partial charge in [-0.1, -0.05) is 62.6 Å². The first-order chi connectivity index (χ1) is 16.9. The largest absolute Gasteiger partial charge is 0.417 e. The van der Waals surface area contributed by atoms with Crippen LogP contribution in [0.2, 0.25) is 18.1 Å². The third kappa shape index (κ3) is 7.03. The fraction of sp³-hybridized carbons (Fsp3) is 0.448. The molecule has 2 aromatic carbocycles. The van der Waals surface area contributed by atoms with Crippen LogP contribution in [0.3, 0.4) is 0 Å². The van der Waals surface area contributed by atoms with E-state index in [1.807, 2.05) is 43.5 Å². The molecule has 0 aliphatic rings. The zero-order valence-corrected chi connectivity index (χ0v) is 24.3. The van der Waals surface area contributed by atoms with Gasteiger partial charge in [-0.15, -0.1) is 0 Å². The summed E-state index contributed by atoms with van der Waals surface area (Å²) >= 11 is 0. The first kappa shape index (κ1) is 28.0. The van der Waals surface area contributed by atoms with Crippen LogP contribution in [-0.2, 0) is 20.9 Å². The van der Waals surface area contributed by atoms with Crippen molar-refractivity contribution in [2.24, 2.45) is 0 Å². The molecule has 1 N–H and O–H groups in total. The van der Waals surface area contributed by atoms with E-state index in [1.54, 1.807) is 12.1 Å². The molecule has 194 valence electrons. The molecule has 0 bridgehead atoms. The lowest BCUT2D eigenvalue weighted by Gasteiger charge is -2.36. The number of nitrogens with zero attached hydrogens (tertiary/aromatic N) is 1. The molecule has 1 heterocycles. The van der Waals surface area contributed by atoms with Crippen LogP contribution >= 0.6 is 0 Å². The highest BCUT2D eigenvalue weighted by Gasteiger charge is 2.36. The van der Waals surface area contributed by atoms with Crippen LogP contribution in [0, 0.1) is 18.9 Å². The van der Waals surface area contributed by atoms with Crippen molar-refractivity contribution >= 4 is 29.2 Å². The Morgan fingerprint density at radius 3 is 2.42 bits per heavy atom. The van der Waals surface area contributed by atoms with Gasteiger partial charge in [-0.3, -0.25) is 0 Å². The van der Waals surface area contributed by atoms with Gasteiger partial charge in [0.1, 0.15) is 0 Å². The van der Waals surface area contributed by atoms with Crippen molar-refractivity contribution in [3.8, 4) is 12.0 Å². The van der Waals surface area contributed by atoms with Crippen LogP contribution in [0.1, 0.15) is 51.2 Å². The molecule has 36 heavy (non-hydrogen) atoms. The van der Waals surface area contributed by atoms with Crippen LogP contribution in [0.5, 0.6) is 0 Å². The molecule has 0 aliphatic carbocycles. The second-order valence-corrected chi connectivity index (χ2v) is 17.5. The summed E-state index contributed by atoms with van der Waals surface area (Å²) in [6.07, 6.45) is 4.96. The Morgan fingerprint density at radius 1 is 1.03 bits per heavy atom. The summed E-state index contributed by atoms with van der Waals surface area (Å²) in [5.41, 5.74) is 3.15. The molecule has 0 aliphatic heterocycles. The standard InChI is InChI=1S/C29H40N2O3SSi/c1-24-15-17-26(18-16-24)35(32,33)31(21-19-25-23-30-28-14-10-9-13-27(25)28)20-11-7-8-12-22-34-36(5,6)29(2,3)4/h9-10,13-18,23,30H,7-8,12,19,21-22H2,1-6H3. The summed E-state index contributed by atoms with van der Waals surface area (Å²) in [6, 6.07) is 18.0. The number of unbranched alkanes of at least 4 members (excludes halogenated alkanes) is 2. The highest BCUT2D eigenvalue weighted by Crippen LogP contribution is 2.36. The van der Waals surface area contributed by atoms with Crippen molar-refractivity contribution in [3.05, 3.63) is 65.9 Å². The van der Waals surface area contributed by atoms with Gasteiger partial charge in [0.15, 0.2) is 8.32 Å². The fourth-order valence-corrected chi connectivity index (χ4v) is 5.98. The monoisotopic (exact) mass is 524 g/mol. The van der Waals surface area contributed by atoms with E-state index in [1.165, 1.54) is 4.31 Å². The van der Waals surface area contributed by atoms with Crippen LogP contribution in [-0.4, -0.2) is 39.2 Å². The summed E-state index contributed by atoms with van der Waals surface area (Å²) in [4.78, 5) is 3.53. The van der Waals surface area contributed by atoms with E-state index in [0.717, 1.165) is 41.5 Å². The van der Waals surface area contributed by atoms with E-state index >= 15 is 0 Å². The molecule has 7 heteroatoms. The average Bonchev–Trinajstić information content (AvgIpc) is 3.23. The smallest absolute Gasteiger partial charge is 0.270 e. The molecule has 0 radical (unpaired) electrons. The van der Waals surface area contributed by atoms with Crippen molar-refractivity contribution in [1.29, 1.82) is 0 Å². The van der Waals surface area contributed by atoms with E-state index in [9.17, 15) is 8.42 Å². The maximum absolute atomic E-state index is 13.4. The molecule has 0 fully saturated rings. The minimum absolute atomic E-state index is 0.197. The van der Waals surface area contributed by atoms with Gasteiger partial charge in [0, 0.05) is 42.7 Å². The van der Waals surface area contributed by atoms with E-state index in [2.05, 4.69) is 56.9 Å². The lowest BCUT2D eigenvalue weighted by atomic mass is 10.1. The van der Waals surface area contributed by atoms with Crippen molar-refractivity contribution in [2.75, 3.05) is 13.2 Å². The fourth-order valence-electron chi connectivity index (χ4n) is 3.64. The molecule has 0 amide bonds. The van der Waals surface area contributed by atoms with Crippen molar-refractivity contribution < 1.29 is 12.8 Å². The lowest BCUT2D eigenvalue weighted by Crippen LogP contribution is -2.40. The van der Waals surface area contributed by atoms with E-state index < -0.39 is 18.3 Å². The molecule has 1 aromatic heterocycles. The number of rotatable bonds is 10. The van der Waals surface area contributed by atoms with Crippen LogP contribution in [0.15, 0.2) is 59.6 Å². The minimum atomic E-state index is -3.73. The Morgan fingerprint density at radius 2 is 1.72 bits per heavy atom. The first-order valence-corrected chi connectivity index (χ1v) is 17.0. The molecular formula is C29H40N2O3SSi. The molecule has 3 rings (SSSR count). The van der Waals surface area contributed by atoms with Gasteiger partial charge >= 0.3 is 0 Å². The number of aromatic amines is 1. The van der Waals surface area contributed by atoms with Gasteiger partial charge in [0.25, 0.3) is 10.0 Å². The van der Waals surface area contributed by atoms with E-state index in [0.29, 0.717) is 19.4 Å². The Bertz CT molecular complexity index is 1310. The first-order valence-electron chi connectivity index (χ1n) is 12.7. The van der Waals surface area contributed by atoms with Gasteiger partial charge in [-0.2, -0.15) is 0 Å². The van der Waals surface area contributed by atoms with Gasteiger partial charge in [-0.25, -0.2) is 12.7 Å². The van der Waals surface area contributed by atoms with Gasteiger partial charge in [0.2, 0.25) is 0 Å². The number of fused-ring (bicyclic) bond motifs is 1. The number of H-pyrrole nitrogens is 1. The maximum Gasteiger partial charge on any atom is 0.270 e. The number of benzene rings is 2. The van der Waals surface area contributed by atoms with Crippen molar-refractivity contribution in [1.82, 2.24) is 9.29 Å². The number of sulfonamides is 1. The molecule has 0 saturated heterocycles. The van der Waals surface area contributed by atoms with Crippen LogP contribution < -0.4 is 0 Å². The SMILES string of the molecule is Cc1ccc(S(=O)(=O)N(C#CCCCCO[Si](C)(C)C(C)(C)C)CCc2c[nH]c3ccccc23)cc1. The molecule has 0 saturated carbocycles. The molecule has 0 spiro atoms. The highest BCUT2D eigenvalue weighted by atomic mass is 32.2. The zero-order chi connectivity index (χ0) is 26.4. The van der Waals surface area contributed by atoms with E-state index in [-0.39, 0.29) is 9.93 Å². The number of hydrogen-bond acceptors (Lipinski definition) is 3. The minimum Gasteiger partial charge on any atom is -0.417 e. The average molecular weight is 525 g/mol. The summed E-state index contributed by atoms with van der Waals surface area (Å²) in [7, 11) is -5.47. The number of aromatic nitrogens is 1. The molecule has 3 aromatic rings. The molecular weight excluding hydrogens is 484 g/mol. The summed E-state index contributed by atoms with van der Waals surface area (Å²) in [6.45, 7) is 14.2. The molecule has 0 unspecified atom stereocenters. The number of hydrogen-bond donors (Lipinski definition) is 1. The summed E-state index contributed by atoms with van der Waals surface area (Å²) in [5, 5.41) is 1.31.